The van der Waals surface area contributed by atoms with Crippen molar-refractivity contribution in [1.82, 2.24) is 10.3 Å². The van der Waals surface area contributed by atoms with E-state index < -0.39 is 23.8 Å². The first-order chi connectivity index (χ1) is 16.7. The van der Waals surface area contributed by atoms with Crippen LogP contribution in [0.4, 0.5) is 10.8 Å². The van der Waals surface area contributed by atoms with E-state index in [-0.39, 0.29) is 33.6 Å². The summed E-state index contributed by atoms with van der Waals surface area (Å²) < 4.78 is 5.32. The van der Waals surface area contributed by atoms with Gasteiger partial charge in [-0.05, 0) is 30.7 Å². The van der Waals surface area contributed by atoms with Gasteiger partial charge in [-0.3, -0.25) is 14.4 Å². The second-order valence-electron chi connectivity index (χ2n) is 7.35. The molecule has 1 unspecified atom stereocenters. The van der Waals surface area contributed by atoms with E-state index in [9.17, 15) is 19.5 Å². The fraction of sp³-hybridized carbons (Fsp3) is 0.174. The summed E-state index contributed by atoms with van der Waals surface area (Å²) in [5.74, 6) is -1.90. The second kappa shape index (κ2) is 11.1. The quantitative estimate of drug-likeness (QED) is 0.221. The zero-order chi connectivity index (χ0) is 25.5. The van der Waals surface area contributed by atoms with Crippen molar-refractivity contribution < 1.29 is 24.2 Å². The molecule has 2 amide bonds. The Kier molecular flexibility index (Phi) is 8.00. The zero-order valence-corrected chi connectivity index (χ0v) is 19.8. The molecule has 0 aliphatic rings. The fourth-order valence-electron chi connectivity index (χ4n) is 3.23. The molecule has 0 bridgehead atoms. The number of nitrogens with two attached hydrogens (primary N) is 2. The molecule has 3 rings (SSSR count). The first kappa shape index (κ1) is 25.2. The van der Waals surface area contributed by atoms with E-state index in [1.807, 2.05) is 0 Å². The van der Waals surface area contributed by atoms with Crippen LogP contribution in [0.25, 0.3) is 0 Å². The summed E-state index contributed by atoms with van der Waals surface area (Å²) in [7, 11) is 1.43. The molecule has 0 saturated heterocycles. The summed E-state index contributed by atoms with van der Waals surface area (Å²) in [4.78, 5) is 45.5. The van der Waals surface area contributed by atoms with E-state index in [0.29, 0.717) is 17.0 Å². The van der Waals surface area contributed by atoms with Gasteiger partial charge < -0.3 is 31.9 Å². The number of aliphatic imine (C=N–C) groups is 1. The number of aliphatic carboxylic acids is 1. The van der Waals surface area contributed by atoms with Crippen LogP contribution in [0, 0.1) is 6.92 Å². The SMILES string of the molecule is COc1ccc(C(=O)NC(CC(=O)O)c2ccccc2)cc1NC(=O)c1sc(N=C(N)N)nc1C. The van der Waals surface area contributed by atoms with Crippen LogP contribution in [-0.4, -0.2) is 40.9 Å². The third-order valence-corrected chi connectivity index (χ3v) is 5.86. The smallest absolute Gasteiger partial charge is 0.305 e. The van der Waals surface area contributed by atoms with Gasteiger partial charge in [-0.2, -0.15) is 4.99 Å². The van der Waals surface area contributed by atoms with E-state index >= 15 is 0 Å². The number of hydrogen-bond donors (Lipinski definition) is 5. The van der Waals surface area contributed by atoms with Crippen molar-refractivity contribution >= 4 is 45.9 Å². The first-order valence-corrected chi connectivity index (χ1v) is 11.1. The summed E-state index contributed by atoms with van der Waals surface area (Å²) in [6.45, 7) is 1.64. The van der Waals surface area contributed by atoms with Crippen LogP contribution < -0.4 is 26.8 Å². The highest BCUT2D eigenvalue weighted by Gasteiger charge is 2.21. The number of carbonyl (C=O) groups is 3. The van der Waals surface area contributed by atoms with Crippen LogP contribution in [0.2, 0.25) is 0 Å². The zero-order valence-electron chi connectivity index (χ0n) is 18.9. The highest BCUT2D eigenvalue weighted by molar-refractivity contribution is 7.17. The maximum atomic E-state index is 13.0. The van der Waals surface area contributed by atoms with Gasteiger partial charge in [0.25, 0.3) is 11.8 Å². The number of hydrogen-bond acceptors (Lipinski definition) is 7. The third kappa shape index (κ3) is 6.54. The number of nitrogens with zero attached hydrogens (tertiary/aromatic N) is 2. The van der Waals surface area contributed by atoms with Crippen molar-refractivity contribution in [2.75, 3.05) is 12.4 Å². The number of anilines is 1. The van der Waals surface area contributed by atoms with Crippen LogP contribution in [-0.2, 0) is 4.79 Å². The Morgan fingerprint density at radius 3 is 2.49 bits per heavy atom. The Morgan fingerprint density at radius 1 is 1.14 bits per heavy atom. The molecule has 0 fully saturated rings. The minimum Gasteiger partial charge on any atom is -0.495 e. The molecule has 0 spiro atoms. The number of carboxylic acids is 1. The Hall–Kier alpha value is -4.45. The van der Waals surface area contributed by atoms with Gasteiger partial charge in [0.15, 0.2) is 5.96 Å². The highest BCUT2D eigenvalue weighted by atomic mass is 32.1. The van der Waals surface area contributed by atoms with Crippen molar-refractivity contribution in [3.05, 3.63) is 70.2 Å². The topological polar surface area (TPSA) is 182 Å². The van der Waals surface area contributed by atoms with E-state index in [1.54, 1.807) is 37.3 Å². The van der Waals surface area contributed by atoms with Gasteiger partial charge in [-0.1, -0.05) is 41.7 Å². The minimum atomic E-state index is -1.05. The molecule has 1 heterocycles. The molecule has 1 atom stereocenters. The van der Waals surface area contributed by atoms with Gasteiger partial charge in [-0.15, -0.1) is 0 Å². The largest absolute Gasteiger partial charge is 0.495 e. The Labute approximate surface area is 204 Å². The first-order valence-electron chi connectivity index (χ1n) is 10.3. The van der Waals surface area contributed by atoms with Crippen LogP contribution >= 0.6 is 11.3 Å². The number of nitrogens with one attached hydrogen (secondary N) is 2. The number of guanidine groups is 1. The molecule has 11 nitrogen and oxygen atoms in total. The average Bonchev–Trinajstić information content (AvgIpc) is 3.18. The van der Waals surface area contributed by atoms with Gasteiger partial charge in [-0.25, -0.2) is 4.98 Å². The third-order valence-electron chi connectivity index (χ3n) is 4.81. The molecule has 12 heteroatoms. The minimum absolute atomic E-state index is 0.178. The molecule has 7 N–H and O–H groups in total. The lowest BCUT2D eigenvalue weighted by Crippen LogP contribution is -2.30. The molecule has 2 aromatic carbocycles. The lowest BCUT2D eigenvalue weighted by Gasteiger charge is -2.18. The molecule has 0 aliphatic carbocycles. The van der Waals surface area contributed by atoms with Gasteiger partial charge in [0, 0.05) is 5.56 Å². The summed E-state index contributed by atoms with van der Waals surface area (Å²) >= 11 is 1.00. The molecule has 0 saturated carbocycles. The van der Waals surface area contributed by atoms with Crippen molar-refractivity contribution in [2.24, 2.45) is 16.5 Å². The number of carbonyl (C=O) groups excluding carboxylic acids is 2. The molecule has 35 heavy (non-hydrogen) atoms. The fourth-order valence-corrected chi connectivity index (χ4v) is 4.08. The Bertz CT molecular complexity index is 1270. The number of carboxylic acid groups (broad SMARTS) is 1. The lowest BCUT2D eigenvalue weighted by atomic mass is 10.0. The van der Waals surface area contributed by atoms with Gasteiger partial charge in [0.05, 0.1) is 31.0 Å². The summed E-state index contributed by atoms with van der Waals surface area (Å²) in [6, 6.07) is 12.5. The molecule has 3 aromatic rings. The second-order valence-corrected chi connectivity index (χ2v) is 8.33. The van der Waals surface area contributed by atoms with Crippen molar-refractivity contribution in [2.45, 2.75) is 19.4 Å². The molecular weight excluding hydrogens is 472 g/mol. The average molecular weight is 497 g/mol. The highest BCUT2D eigenvalue weighted by Crippen LogP contribution is 2.30. The molecule has 182 valence electrons. The number of amides is 2. The van der Waals surface area contributed by atoms with Crippen LogP contribution in [0.1, 0.15) is 43.7 Å². The number of aromatic nitrogens is 1. The Morgan fingerprint density at radius 2 is 1.86 bits per heavy atom. The van der Waals surface area contributed by atoms with Gasteiger partial charge in [0.2, 0.25) is 5.13 Å². The van der Waals surface area contributed by atoms with Crippen molar-refractivity contribution in [1.29, 1.82) is 0 Å². The number of benzene rings is 2. The number of aryl methyl sites for hydroxylation is 1. The predicted molar refractivity (Wildman–Crippen MR) is 132 cm³/mol. The normalized spacial score (nSPS) is 11.3. The maximum Gasteiger partial charge on any atom is 0.305 e. The van der Waals surface area contributed by atoms with Crippen LogP contribution in [0.5, 0.6) is 5.75 Å². The molecule has 1 aromatic heterocycles. The number of rotatable bonds is 9. The van der Waals surface area contributed by atoms with E-state index in [2.05, 4.69) is 20.6 Å². The molecule has 0 aliphatic heterocycles. The van der Waals surface area contributed by atoms with E-state index in [0.717, 1.165) is 11.3 Å². The van der Waals surface area contributed by atoms with Crippen molar-refractivity contribution in [3.63, 3.8) is 0 Å². The van der Waals surface area contributed by atoms with E-state index in [1.165, 1.54) is 25.3 Å². The monoisotopic (exact) mass is 496 g/mol. The van der Waals surface area contributed by atoms with Crippen LogP contribution in [0.15, 0.2) is 53.5 Å². The number of methoxy groups -OCH3 is 1. The standard InChI is InChI=1S/C23H24N6O5S/c1-12-19(35-23(26-12)29-22(24)25)21(33)28-16-10-14(8-9-17(16)34-2)20(32)27-15(11-18(30)31)13-6-4-3-5-7-13/h3-10,15H,11H2,1-2H3,(H,27,32)(H,28,33)(H,30,31)(H4,24,25,26,29). The summed E-state index contributed by atoms with van der Waals surface area (Å²) in [5, 5.41) is 15.0. The van der Waals surface area contributed by atoms with E-state index in [4.69, 9.17) is 16.2 Å². The lowest BCUT2D eigenvalue weighted by molar-refractivity contribution is -0.137. The van der Waals surface area contributed by atoms with Gasteiger partial charge >= 0.3 is 5.97 Å². The molecular formula is C23H24N6O5S. The summed E-state index contributed by atoms with van der Waals surface area (Å²) in [5.41, 5.74) is 12.3. The van der Waals surface area contributed by atoms with Crippen molar-refractivity contribution in [3.8, 4) is 5.75 Å². The summed E-state index contributed by atoms with van der Waals surface area (Å²) in [6.07, 6.45) is -0.293. The number of ether oxygens (including phenoxy) is 1. The van der Waals surface area contributed by atoms with Gasteiger partial charge in [0.1, 0.15) is 10.6 Å². The predicted octanol–water partition coefficient (Wildman–Crippen LogP) is 2.56. The number of thiazole rings is 1. The molecule has 0 radical (unpaired) electrons. The Balaban J connectivity index is 1.84. The maximum absolute atomic E-state index is 13.0. The van der Waals surface area contributed by atoms with Crippen LogP contribution in [0.3, 0.4) is 0 Å².